The van der Waals surface area contributed by atoms with Gasteiger partial charge in [-0.3, -0.25) is 0 Å². The standard InChI is InChI=1S/C6H6FO5P/c7-4(6(10)11)1-3(2-13-12)5(8)9/h3-4H,1H2,(H,8,9)(H,10,11)/t3-,4-/m1/s1. The molecule has 13 heavy (non-hydrogen) atoms. The van der Waals surface area contributed by atoms with Crippen LogP contribution >= 0.6 is 7.92 Å². The number of rotatable bonds is 4. The van der Waals surface area contributed by atoms with Crippen LogP contribution < -0.4 is 0 Å². The Morgan fingerprint density at radius 1 is 1.38 bits per heavy atom. The minimum atomic E-state index is -2.28. The zero-order valence-electron chi connectivity index (χ0n) is 6.31. The van der Waals surface area contributed by atoms with Gasteiger partial charge in [-0.05, 0) is 0 Å². The van der Waals surface area contributed by atoms with Gasteiger partial charge in [0.1, 0.15) is 0 Å². The van der Waals surface area contributed by atoms with Crippen LogP contribution in [0.4, 0.5) is 4.39 Å². The Hall–Kier alpha value is -1.12. The van der Waals surface area contributed by atoms with E-state index in [4.69, 9.17) is 10.2 Å². The van der Waals surface area contributed by atoms with Crippen molar-refractivity contribution in [3.63, 3.8) is 0 Å². The van der Waals surface area contributed by atoms with E-state index in [2.05, 4.69) is 0 Å². The fourth-order valence-electron chi connectivity index (χ4n) is 0.580. The topological polar surface area (TPSA) is 91.7 Å². The Bertz CT molecular complexity index is 308. The van der Waals surface area contributed by atoms with E-state index >= 15 is 0 Å². The van der Waals surface area contributed by atoms with Gasteiger partial charge in [0.2, 0.25) is 0 Å². The summed E-state index contributed by atoms with van der Waals surface area (Å²) >= 11 is 0. The Labute approximate surface area is 73.7 Å². The van der Waals surface area contributed by atoms with Gasteiger partial charge in [0.25, 0.3) is 0 Å². The number of aliphatic carboxylic acids is 2. The zero-order valence-corrected chi connectivity index (χ0v) is 7.20. The van der Waals surface area contributed by atoms with E-state index in [1.807, 2.05) is 5.63 Å². The minimum absolute atomic E-state index is 0.683. The number of halogens is 1. The first-order valence-electron chi connectivity index (χ1n) is 3.16. The van der Waals surface area contributed by atoms with Crippen LogP contribution in [0.15, 0.2) is 0 Å². The molecule has 0 saturated heterocycles. The molecule has 0 amide bonds. The molecule has 0 aromatic heterocycles. The van der Waals surface area contributed by atoms with Gasteiger partial charge in [-0.2, -0.15) is 0 Å². The van der Waals surface area contributed by atoms with E-state index in [0.29, 0.717) is 0 Å². The fourth-order valence-corrected chi connectivity index (χ4v) is 0.923. The molecular formula is C6H6FO5P. The quantitative estimate of drug-likeness (QED) is 0.665. The summed E-state index contributed by atoms with van der Waals surface area (Å²) in [5.41, 5.74) is 1.88. The molecule has 0 rings (SSSR count). The summed E-state index contributed by atoms with van der Waals surface area (Å²) in [6.45, 7) is 0. The molecule has 2 N–H and O–H groups in total. The Morgan fingerprint density at radius 3 is 2.23 bits per heavy atom. The molecule has 0 spiro atoms. The molecule has 7 heteroatoms. The summed E-state index contributed by atoms with van der Waals surface area (Å²) in [5.74, 6) is -4.66. The molecule has 0 fully saturated rings. The first kappa shape index (κ1) is 11.9. The average Bonchev–Trinajstić information content (AvgIpc) is 2.03. The Kier molecular flexibility index (Phi) is 5.04. The van der Waals surface area contributed by atoms with E-state index in [1.165, 1.54) is 0 Å². The predicted molar refractivity (Wildman–Crippen MR) is 39.8 cm³/mol. The SMILES string of the molecule is O=P#C[C@@H](C[C@@H](F)C(=O)O)C(=O)O. The molecule has 0 aromatic carbocycles. The van der Waals surface area contributed by atoms with Crippen molar-refractivity contribution in [1.82, 2.24) is 0 Å². The number of hydrogen-bond acceptors (Lipinski definition) is 3. The monoisotopic (exact) mass is 208 g/mol. The summed E-state index contributed by atoms with van der Waals surface area (Å²) in [6, 6.07) is 0. The molecule has 2 atom stereocenters. The molecule has 0 aliphatic carbocycles. The Balaban J connectivity index is 4.41. The predicted octanol–water partition coefficient (Wildman–Crippen LogP) is 0.751. The summed E-state index contributed by atoms with van der Waals surface area (Å²) in [5, 5.41) is 16.5. The van der Waals surface area contributed by atoms with Gasteiger partial charge in [-0.1, -0.05) is 0 Å². The van der Waals surface area contributed by atoms with Gasteiger partial charge >= 0.3 is 72.7 Å². The number of carboxylic acids is 2. The van der Waals surface area contributed by atoms with Crippen LogP contribution in [0.3, 0.4) is 0 Å². The van der Waals surface area contributed by atoms with Crippen molar-refractivity contribution >= 4 is 19.9 Å². The summed E-state index contributed by atoms with van der Waals surface area (Å²) < 4.78 is 22.4. The van der Waals surface area contributed by atoms with Crippen LogP contribution in [0.25, 0.3) is 0 Å². The zero-order chi connectivity index (χ0) is 10.4. The van der Waals surface area contributed by atoms with Crippen LogP contribution in [0.2, 0.25) is 0 Å². The maximum absolute atomic E-state index is 12.5. The molecule has 5 nitrogen and oxygen atoms in total. The van der Waals surface area contributed by atoms with Crippen molar-refractivity contribution < 1.29 is 28.8 Å². The van der Waals surface area contributed by atoms with Crippen LogP contribution in [0.5, 0.6) is 0 Å². The number of hydrogen-bond donors (Lipinski definition) is 2. The number of carboxylic acid groups (broad SMARTS) is 2. The normalized spacial score (nSPS) is 13.9. The molecule has 0 aliphatic heterocycles. The van der Waals surface area contributed by atoms with E-state index in [1.54, 1.807) is 0 Å². The van der Waals surface area contributed by atoms with Gasteiger partial charge in [-0.15, -0.1) is 0 Å². The van der Waals surface area contributed by atoms with Gasteiger partial charge < -0.3 is 0 Å². The molecule has 0 aliphatic rings. The molecular weight excluding hydrogens is 202 g/mol. The van der Waals surface area contributed by atoms with Gasteiger partial charge in [-0.25, -0.2) is 0 Å². The van der Waals surface area contributed by atoms with Crippen LogP contribution in [0.1, 0.15) is 6.42 Å². The third-order valence-corrected chi connectivity index (χ3v) is 1.63. The molecule has 0 aromatic rings. The molecule has 0 radical (unpaired) electrons. The summed E-state index contributed by atoms with van der Waals surface area (Å²) in [4.78, 5) is 20.3. The van der Waals surface area contributed by atoms with E-state index in [9.17, 15) is 18.5 Å². The molecule has 72 valence electrons. The van der Waals surface area contributed by atoms with Crippen LogP contribution in [-0.4, -0.2) is 28.3 Å². The van der Waals surface area contributed by atoms with Crippen molar-refractivity contribution in [3.05, 3.63) is 0 Å². The van der Waals surface area contributed by atoms with E-state index in [0.717, 1.165) is 0 Å². The van der Waals surface area contributed by atoms with Gasteiger partial charge in [0, 0.05) is 0 Å². The fraction of sp³-hybridized carbons (Fsp3) is 0.500. The van der Waals surface area contributed by atoms with Crippen molar-refractivity contribution in [2.45, 2.75) is 12.6 Å². The van der Waals surface area contributed by atoms with Crippen molar-refractivity contribution in [3.8, 4) is 5.63 Å². The second kappa shape index (κ2) is 5.51. The average molecular weight is 208 g/mol. The van der Waals surface area contributed by atoms with Crippen molar-refractivity contribution in [2.24, 2.45) is 5.92 Å². The first-order chi connectivity index (χ1) is 5.99. The van der Waals surface area contributed by atoms with Gasteiger partial charge in [0.15, 0.2) is 0 Å². The first-order valence-corrected chi connectivity index (χ1v) is 3.97. The molecule has 0 unspecified atom stereocenters. The Morgan fingerprint density at radius 2 is 1.92 bits per heavy atom. The second-order valence-electron chi connectivity index (χ2n) is 2.15. The maximum atomic E-state index is 12.5. The summed E-state index contributed by atoms with van der Waals surface area (Å²) in [7, 11) is -0.683. The third kappa shape index (κ3) is 4.45. The molecule has 0 heterocycles. The third-order valence-electron chi connectivity index (χ3n) is 1.22. The van der Waals surface area contributed by atoms with E-state index in [-0.39, 0.29) is 0 Å². The molecule has 0 saturated carbocycles. The number of carbonyl (C=O) groups is 2. The summed E-state index contributed by atoms with van der Waals surface area (Å²) in [6.07, 6.45) is -3.05. The van der Waals surface area contributed by atoms with E-state index < -0.39 is 38.4 Å². The number of alkyl halides is 1. The van der Waals surface area contributed by atoms with Crippen molar-refractivity contribution in [1.29, 1.82) is 0 Å². The van der Waals surface area contributed by atoms with Crippen molar-refractivity contribution in [2.75, 3.05) is 0 Å². The molecule has 0 bridgehead atoms. The second-order valence-corrected chi connectivity index (χ2v) is 2.59. The van der Waals surface area contributed by atoms with Gasteiger partial charge in [0.05, 0.1) is 0 Å². The van der Waals surface area contributed by atoms with Crippen LogP contribution in [0, 0.1) is 11.5 Å². The van der Waals surface area contributed by atoms with Crippen LogP contribution in [-0.2, 0) is 14.2 Å².